The number of aromatic amines is 2. The van der Waals surface area contributed by atoms with Crippen LogP contribution in [-0.2, 0) is 11.2 Å². The molecule has 1 aromatic carbocycles. The number of amides is 1. The lowest BCUT2D eigenvalue weighted by Gasteiger charge is -2.14. The van der Waals surface area contributed by atoms with Gasteiger partial charge in [-0.1, -0.05) is 17.7 Å². The monoisotopic (exact) mass is 350 g/mol. The number of halogens is 1. The van der Waals surface area contributed by atoms with E-state index in [0.717, 1.165) is 48.9 Å². The van der Waals surface area contributed by atoms with E-state index in [1.165, 1.54) is 5.57 Å². The maximum Gasteiger partial charge on any atom is 0.323 e. The number of imidazole rings is 1. The van der Waals surface area contributed by atoms with Crippen LogP contribution in [0.1, 0.15) is 24.8 Å². The van der Waals surface area contributed by atoms with Crippen molar-refractivity contribution in [1.82, 2.24) is 20.6 Å². The van der Waals surface area contributed by atoms with E-state index in [1.807, 2.05) is 18.2 Å². The second kappa shape index (κ2) is 8.70. The van der Waals surface area contributed by atoms with Gasteiger partial charge in [0.15, 0.2) is 0 Å². The first-order valence-electron chi connectivity index (χ1n) is 8.07. The first-order valence-corrected chi connectivity index (χ1v) is 8.07. The zero-order valence-corrected chi connectivity index (χ0v) is 14.3. The van der Waals surface area contributed by atoms with Gasteiger partial charge in [0.1, 0.15) is 0 Å². The number of aromatic nitrogens is 2. The SMILES string of the molecule is Cl.O=C(CCCc1ccc2[nH]c(=O)[nH]c2c1)NCC1=CCNCC1. The maximum absolute atomic E-state index is 11.9. The van der Waals surface area contributed by atoms with E-state index >= 15 is 0 Å². The van der Waals surface area contributed by atoms with Crippen LogP contribution < -0.4 is 16.3 Å². The minimum atomic E-state index is -0.191. The Bertz CT molecular complexity index is 778. The van der Waals surface area contributed by atoms with E-state index in [4.69, 9.17) is 0 Å². The molecule has 0 spiro atoms. The molecule has 0 saturated heterocycles. The summed E-state index contributed by atoms with van der Waals surface area (Å²) in [4.78, 5) is 28.6. The third kappa shape index (κ3) is 4.97. The summed E-state index contributed by atoms with van der Waals surface area (Å²) in [5, 5.41) is 6.24. The molecule has 1 aromatic heterocycles. The van der Waals surface area contributed by atoms with Crippen LogP contribution in [0.5, 0.6) is 0 Å². The fourth-order valence-electron chi connectivity index (χ4n) is 2.82. The van der Waals surface area contributed by atoms with Crippen molar-refractivity contribution < 1.29 is 4.79 Å². The molecule has 3 rings (SSSR count). The van der Waals surface area contributed by atoms with Gasteiger partial charge in [-0.3, -0.25) is 4.79 Å². The van der Waals surface area contributed by atoms with E-state index in [-0.39, 0.29) is 24.0 Å². The Morgan fingerprint density at radius 1 is 1.21 bits per heavy atom. The van der Waals surface area contributed by atoms with E-state index in [0.29, 0.717) is 13.0 Å². The molecule has 0 aliphatic carbocycles. The lowest BCUT2D eigenvalue weighted by Crippen LogP contribution is -2.29. The molecule has 2 aromatic rings. The van der Waals surface area contributed by atoms with Crippen molar-refractivity contribution in [1.29, 1.82) is 0 Å². The fourth-order valence-corrected chi connectivity index (χ4v) is 2.82. The van der Waals surface area contributed by atoms with Crippen molar-refractivity contribution in [2.45, 2.75) is 25.7 Å². The second-order valence-electron chi connectivity index (χ2n) is 5.91. The van der Waals surface area contributed by atoms with E-state index in [2.05, 4.69) is 26.7 Å². The number of fused-ring (bicyclic) bond motifs is 1. The molecule has 1 amide bonds. The van der Waals surface area contributed by atoms with Gasteiger partial charge in [0, 0.05) is 19.5 Å². The predicted octanol–water partition coefficient (Wildman–Crippen LogP) is 1.64. The van der Waals surface area contributed by atoms with Gasteiger partial charge < -0.3 is 20.6 Å². The Kier molecular flexibility index (Phi) is 6.63. The number of nitrogens with one attached hydrogen (secondary N) is 4. The highest BCUT2D eigenvalue weighted by atomic mass is 35.5. The molecule has 0 saturated carbocycles. The van der Waals surface area contributed by atoms with Crippen molar-refractivity contribution in [3.63, 3.8) is 0 Å². The number of carbonyl (C=O) groups excluding carboxylic acids is 1. The van der Waals surface area contributed by atoms with Gasteiger partial charge in [0.25, 0.3) is 0 Å². The summed E-state index contributed by atoms with van der Waals surface area (Å²) in [7, 11) is 0. The number of benzene rings is 1. The van der Waals surface area contributed by atoms with E-state index in [9.17, 15) is 9.59 Å². The summed E-state index contributed by atoms with van der Waals surface area (Å²) in [5.41, 5.74) is 3.87. The summed E-state index contributed by atoms with van der Waals surface area (Å²) >= 11 is 0. The molecule has 24 heavy (non-hydrogen) atoms. The van der Waals surface area contributed by atoms with Crippen LogP contribution in [0.2, 0.25) is 0 Å². The van der Waals surface area contributed by atoms with Crippen molar-refractivity contribution in [3.8, 4) is 0 Å². The summed E-state index contributed by atoms with van der Waals surface area (Å²) in [6, 6.07) is 5.85. The van der Waals surface area contributed by atoms with Crippen LogP contribution in [0, 0.1) is 0 Å². The Morgan fingerprint density at radius 2 is 2.04 bits per heavy atom. The summed E-state index contributed by atoms with van der Waals surface area (Å²) in [5.74, 6) is 0.0977. The Hall–Kier alpha value is -2.05. The van der Waals surface area contributed by atoms with Crippen LogP contribution in [0.25, 0.3) is 11.0 Å². The highest BCUT2D eigenvalue weighted by Crippen LogP contribution is 2.12. The van der Waals surface area contributed by atoms with Gasteiger partial charge in [-0.25, -0.2) is 4.79 Å². The molecule has 0 atom stereocenters. The van der Waals surface area contributed by atoms with E-state index in [1.54, 1.807) is 0 Å². The smallest absolute Gasteiger partial charge is 0.323 e. The first kappa shape index (κ1) is 18.3. The van der Waals surface area contributed by atoms with Crippen LogP contribution in [0.3, 0.4) is 0 Å². The second-order valence-corrected chi connectivity index (χ2v) is 5.91. The van der Waals surface area contributed by atoms with Gasteiger partial charge in [-0.15, -0.1) is 12.4 Å². The number of aryl methyl sites for hydroxylation is 1. The normalized spacial score (nSPS) is 14.1. The molecule has 1 aliphatic heterocycles. The topological polar surface area (TPSA) is 89.8 Å². The molecule has 6 nitrogen and oxygen atoms in total. The Labute approximate surface area is 146 Å². The molecule has 0 radical (unpaired) electrons. The van der Waals surface area contributed by atoms with Crippen molar-refractivity contribution >= 4 is 29.3 Å². The molecule has 1 aliphatic rings. The number of carbonyl (C=O) groups is 1. The molecule has 130 valence electrons. The summed E-state index contributed by atoms with van der Waals surface area (Å²) in [6.45, 7) is 2.55. The van der Waals surface area contributed by atoms with Gasteiger partial charge in [-0.2, -0.15) is 0 Å². The fraction of sp³-hybridized carbons (Fsp3) is 0.412. The zero-order valence-electron chi connectivity index (χ0n) is 13.5. The van der Waals surface area contributed by atoms with Crippen molar-refractivity contribution in [2.75, 3.05) is 19.6 Å². The quantitative estimate of drug-likeness (QED) is 0.597. The minimum Gasteiger partial charge on any atom is -0.352 e. The average molecular weight is 351 g/mol. The van der Waals surface area contributed by atoms with E-state index < -0.39 is 0 Å². The van der Waals surface area contributed by atoms with Gasteiger partial charge in [0.05, 0.1) is 11.0 Å². The molecular formula is C17H23ClN4O2. The Balaban J connectivity index is 0.00000208. The molecule has 2 heterocycles. The van der Waals surface area contributed by atoms with Crippen LogP contribution in [0.4, 0.5) is 0 Å². The standard InChI is InChI=1S/C17H22N4O2.ClH/c22-16(19-11-13-6-8-18-9-7-13)3-1-2-12-4-5-14-15(10-12)21-17(23)20-14;/h4-6,10,18H,1-3,7-9,11H2,(H,19,22)(H2,20,21,23);1H. The highest BCUT2D eigenvalue weighted by Gasteiger charge is 2.06. The average Bonchev–Trinajstić information content (AvgIpc) is 2.93. The number of hydrogen-bond acceptors (Lipinski definition) is 3. The maximum atomic E-state index is 11.9. The number of hydrogen-bond donors (Lipinski definition) is 4. The molecule has 4 N–H and O–H groups in total. The summed E-state index contributed by atoms with van der Waals surface area (Å²) in [6.07, 6.45) is 5.30. The minimum absolute atomic E-state index is 0. The van der Waals surface area contributed by atoms with Crippen LogP contribution in [-0.4, -0.2) is 35.5 Å². The molecule has 0 fully saturated rings. The highest BCUT2D eigenvalue weighted by molar-refractivity contribution is 5.85. The Morgan fingerprint density at radius 3 is 2.83 bits per heavy atom. The third-order valence-corrected chi connectivity index (χ3v) is 4.12. The number of rotatable bonds is 6. The number of H-pyrrole nitrogens is 2. The van der Waals surface area contributed by atoms with Gasteiger partial charge in [-0.05, 0) is 43.5 Å². The van der Waals surface area contributed by atoms with Crippen molar-refractivity contribution in [2.24, 2.45) is 0 Å². The first-order chi connectivity index (χ1) is 11.2. The molecular weight excluding hydrogens is 328 g/mol. The third-order valence-electron chi connectivity index (χ3n) is 4.12. The molecule has 7 heteroatoms. The zero-order chi connectivity index (χ0) is 16.1. The lowest BCUT2D eigenvalue weighted by atomic mass is 10.1. The van der Waals surface area contributed by atoms with Gasteiger partial charge >= 0.3 is 5.69 Å². The molecule has 0 bridgehead atoms. The van der Waals surface area contributed by atoms with Crippen molar-refractivity contribution in [3.05, 3.63) is 45.9 Å². The summed E-state index contributed by atoms with van der Waals surface area (Å²) < 4.78 is 0. The van der Waals surface area contributed by atoms with Crippen LogP contribution >= 0.6 is 12.4 Å². The van der Waals surface area contributed by atoms with Crippen LogP contribution in [0.15, 0.2) is 34.6 Å². The lowest BCUT2D eigenvalue weighted by molar-refractivity contribution is -0.121. The predicted molar refractivity (Wildman–Crippen MR) is 97.7 cm³/mol. The molecule has 0 unspecified atom stereocenters. The largest absolute Gasteiger partial charge is 0.352 e. The van der Waals surface area contributed by atoms with Gasteiger partial charge in [0.2, 0.25) is 5.91 Å².